The second kappa shape index (κ2) is 7.87. The molecule has 6 heteroatoms. The van der Waals surface area contributed by atoms with Gasteiger partial charge in [0.25, 0.3) is 0 Å². The molecule has 0 saturated carbocycles. The third kappa shape index (κ3) is 5.38. The number of halogens is 2. The van der Waals surface area contributed by atoms with Gasteiger partial charge in [-0.25, -0.2) is 4.79 Å². The lowest BCUT2D eigenvalue weighted by molar-refractivity contribution is -0.151. The Hall–Kier alpha value is -0.970. The maximum absolute atomic E-state index is 11.7. The van der Waals surface area contributed by atoms with Gasteiger partial charge in [-0.2, -0.15) is 0 Å². The van der Waals surface area contributed by atoms with Crippen LogP contribution in [0.15, 0.2) is 18.2 Å². The molecule has 0 radical (unpaired) electrons. The molecule has 0 spiro atoms. The second-order valence-electron chi connectivity index (χ2n) is 5.17. The van der Waals surface area contributed by atoms with Gasteiger partial charge in [-0.3, -0.25) is 4.90 Å². The van der Waals surface area contributed by atoms with E-state index in [1.807, 2.05) is 6.92 Å². The Morgan fingerprint density at radius 3 is 2.71 bits per heavy atom. The minimum atomic E-state index is -0.396. The average Bonchev–Trinajstić information content (AvgIpc) is 2.90. The number of carbonyl (C=O) groups excluding carboxylic acids is 1. The standard InChI is InChI=1S/C15H19Cl2NO3/c1-11(9-18-6-2-3-7-18)21-15(19)10-20-14-5-4-12(16)8-13(14)17/h4-5,8,11H,2-3,6-7,9-10H2,1H3. The Kier molecular flexibility index (Phi) is 6.15. The average molecular weight is 332 g/mol. The zero-order chi connectivity index (χ0) is 15.2. The molecule has 1 aliphatic rings. The summed E-state index contributed by atoms with van der Waals surface area (Å²) in [6.07, 6.45) is 2.30. The van der Waals surface area contributed by atoms with Gasteiger partial charge >= 0.3 is 5.97 Å². The summed E-state index contributed by atoms with van der Waals surface area (Å²) in [5, 5.41) is 0.898. The predicted octanol–water partition coefficient (Wildman–Crippen LogP) is 3.40. The summed E-state index contributed by atoms with van der Waals surface area (Å²) in [4.78, 5) is 14.0. The molecule has 1 saturated heterocycles. The molecule has 1 aliphatic heterocycles. The van der Waals surface area contributed by atoms with Crippen LogP contribution in [0.3, 0.4) is 0 Å². The first kappa shape index (κ1) is 16.4. The lowest BCUT2D eigenvalue weighted by atomic mass is 10.3. The van der Waals surface area contributed by atoms with Gasteiger partial charge in [0.1, 0.15) is 11.9 Å². The quantitative estimate of drug-likeness (QED) is 0.749. The molecule has 1 aromatic rings. The molecule has 0 N–H and O–H groups in total. The van der Waals surface area contributed by atoms with Crippen LogP contribution in [0.1, 0.15) is 19.8 Å². The molecule has 1 unspecified atom stereocenters. The fraction of sp³-hybridized carbons (Fsp3) is 0.533. The summed E-state index contributed by atoms with van der Waals surface area (Å²) in [6.45, 7) is 4.67. The number of benzene rings is 1. The van der Waals surface area contributed by atoms with Crippen molar-refractivity contribution in [1.29, 1.82) is 0 Å². The number of carbonyl (C=O) groups is 1. The fourth-order valence-electron chi connectivity index (χ4n) is 2.35. The van der Waals surface area contributed by atoms with E-state index >= 15 is 0 Å². The summed E-state index contributed by atoms with van der Waals surface area (Å²) < 4.78 is 10.7. The number of hydrogen-bond acceptors (Lipinski definition) is 4. The van der Waals surface area contributed by atoms with Crippen molar-refractivity contribution in [3.8, 4) is 5.75 Å². The maximum atomic E-state index is 11.7. The number of nitrogens with zero attached hydrogens (tertiary/aromatic N) is 1. The second-order valence-corrected chi connectivity index (χ2v) is 6.02. The summed E-state index contributed by atoms with van der Waals surface area (Å²) in [7, 11) is 0. The topological polar surface area (TPSA) is 38.8 Å². The van der Waals surface area contributed by atoms with Crippen molar-refractivity contribution in [3.05, 3.63) is 28.2 Å². The van der Waals surface area contributed by atoms with Crippen molar-refractivity contribution in [2.45, 2.75) is 25.9 Å². The summed E-state index contributed by atoms with van der Waals surface area (Å²) >= 11 is 11.8. The molecule has 116 valence electrons. The number of ether oxygens (including phenoxy) is 2. The van der Waals surface area contributed by atoms with E-state index in [-0.39, 0.29) is 12.7 Å². The number of hydrogen-bond donors (Lipinski definition) is 0. The molecule has 1 fully saturated rings. The normalized spacial score (nSPS) is 16.7. The molecule has 1 heterocycles. The van der Waals surface area contributed by atoms with E-state index in [0.717, 1.165) is 19.6 Å². The third-order valence-electron chi connectivity index (χ3n) is 3.29. The van der Waals surface area contributed by atoms with Gasteiger partial charge in [0.05, 0.1) is 5.02 Å². The van der Waals surface area contributed by atoms with Crippen molar-refractivity contribution < 1.29 is 14.3 Å². The first-order valence-electron chi connectivity index (χ1n) is 7.04. The third-order valence-corrected chi connectivity index (χ3v) is 3.82. The molecule has 1 atom stereocenters. The van der Waals surface area contributed by atoms with Crippen LogP contribution in [0.4, 0.5) is 0 Å². The Labute approximate surface area is 134 Å². The fourth-order valence-corrected chi connectivity index (χ4v) is 2.82. The first-order valence-corrected chi connectivity index (χ1v) is 7.80. The van der Waals surface area contributed by atoms with E-state index in [1.54, 1.807) is 18.2 Å². The van der Waals surface area contributed by atoms with E-state index in [0.29, 0.717) is 15.8 Å². The Morgan fingerprint density at radius 1 is 1.33 bits per heavy atom. The van der Waals surface area contributed by atoms with Gasteiger partial charge < -0.3 is 9.47 Å². The Bertz CT molecular complexity index is 490. The van der Waals surface area contributed by atoms with E-state index < -0.39 is 5.97 Å². The molecule has 1 aromatic carbocycles. The Balaban J connectivity index is 1.73. The van der Waals surface area contributed by atoms with E-state index in [2.05, 4.69) is 4.90 Å². The van der Waals surface area contributed by atoms with Crippen molar-refractivity contribution in [3.63, 3.8) is 0 Å². The highest BCUT2D eigenvalue weighted by Gasteiger charge is 2.17. The highest BCUT2D eigenvalue weighted by molar-refractivity contribution is 6.35. The smallest absolute Gasteiger partial charge is 0.344 e. The van der Waals surface area contributed by atoms with Crippen molar-refractivity contribution in [2.24, 2.45) is 0 Å². The van der Waals surface area contributed by atoms with Gasteiger partial charge in [0, 0.05) is 11.6 Å². The van der Waals surface area contributed by atoms with Crippen molar-refractivity contribution >= 4 is 29.2 Å². The van der Waals surface area contributed by atoms with E-state index in [9.17, 15) is 4.79 Å². The van der Waals surface area contributed by atoms with Crippen molar-refractivity contribution in [1.82, 2.24) is 4.90 Å². The lowest BCUT2D eigenvalue weighted by Crippen LogP contribution is -2.32. The van der Waals surface area contributed by atoms with Crippen LogP contribution in [0.2, 0.25) is 10.0 Å². The minimum absolute atomic E-state index is 0.139. The van der Waals surface area contributed by atoms with Crippen LogP contribution in [-0.4, -0.2) is 43.2 Å². The maximum Gasteiger partial charge on any atom is 0.344 e. The van der Waals surface area contributed by atoms with E-state index in [4.69, 9.17) is 32.7 Å². The molecule has 0 bridgehead atoms. The molecule has 21 heavy (non-hydrogen) atoms. The lowest BCUT2D eigenvalue weighted by Gasteiger charge is -2.20. The van der Waals surface area contributed by atoms with E-state index in [1.165, 1.54) is 12.8 Å². The van der Waals surface area contributed by atoms with Gasteiger partial charge in [0.2, 0.25) is 0 Å². The molecular weight excluding hydrogens is 313 g/mol. The van der Waals surface area contributed by atoms with Gasteiger partial charge in [0.15, 0.2) is 6.61 Å². The molecule has 0 amide bonds. The van der Waals surface area contributed by atoms with Gasteiger partial charge in [-0.15, -0.1) is 0 Å². The summed E-state index contributed by atoms with van der Waals surface area (Å²) in [5.41, 5.74) is 0. The highest BCUT2D eigenvalue weighted by Crippen LogP contribution is 2.27. The monoisotopic (exact) mass is 331 g/mol. The number of likely N-dealkylation sites (tertiary alicyclic amines) is 1. The number of esters is 1. The zero-order valence-electron chi connectivity index (χ0n) is 12.0. The SMILES string of the molecule is CC(CN1CCCC1)OC(=O)COc1ccc(Cl)cc1Cl. The summed E-state index contributed by atoms with van der Waals surface area (Å²) in [6, 6.07) is 4.86. The highest BCUT2D eigenvalue weighted by atomic mass is 35.5. The van der Waals surface area contributed by atoms with Crippen LogP contribution >= 0.6 is 23.2 Å². The van der Waals surface area contributed by atoms with Crippen LogP contribution in [-0.2, 0) is 9.53 Å². The molecule has 2 rings (SSSR count). The number of rotatable bonds is 6. The van der Waals surface area contributed by atoms with Gasteiger partial charge in [-0.1, -0.05) is 23.2 Å². The predicted molar refractivity (Wildman–Crippen MR) is 83.2 cm³/mol. The first-order chi connectivity index (χ1) is 10.0. The van der Waals surface area contributed by atoms with Crippen LogP contribution in [0.5, 0.6) is 5.75 Å². The Morgan fingerprint density at radius 2 is 2.05 bits per heavy atom. The molecular formula is C15H19Cl2NO3. The molecule has 4 nitrogen and oxygen atoms in total. The van der Waals surface area contributed by atoms with Gasteiger partial charge in [-0.05, 0) is 51.1 Å². The molecule has 0 aliphatic carbocycles. The van der Waals surface area contributed by atoms with Crippen molar-refractivity contribution in [2.75, 3.05) is 26.2 Å². The largest absolute Gasteiger partial charge is 0.480 e. The minimum Gasteiger partial charge on any atom is -0.480 e. The molecule has 0 aromatic heterocycles. The zero-order valence-corrected chi connectivity index (χ0v) is 13.5. The summed E-state index contributed by atoms with van der Waals surface area (Å²) in [5.74, 6) is 0.0259. The van der Waals surface area contributed by atoms with Crippen LogP contribution in [0, 0.1) is 0 Å². The van der Waals surface area contributed by atoms with Crippen LogP contribution in [0.25, 0.3) is 0 Å². The van der Waals surface area contributed by atoms with Crippen LogP contribution < -0.4 is 4.74 Å².